The van der Waals surface area contributed by atoms with Gasteiger partial charge in [0.25, 0.3) is 11.5 Å². The Bertz CT molecular complexity index is 1760. The zero-order valence-corrected chi connectivity index (χ0v) is 28.8. The zero-order chi connectivity index (χ0) is 33.1. The Morgan fingerprint density at radius 1 is 1.00 bits per heavy atom. The van der Waals surface area contributed by atoms with Crippen LogP contribution < -0.4 is 15.8 Å². The summed E-state index contributed by atoms with van der Waals surface area (Å²) in [4.78, 5) is 34.7. The van der Waals surface area contributed by atoms with E-state index >= 15 is 0 Å². The van der Waals surface area contributed by atoms with Crippen LogP contribution >= 0.6 is 0 Å². The molecule has 2 N–H and O–H groups in total. The first-order chi connectivity index (χ1) is 22.6. The van der Waals surface area contributed by atoms with E-state index in [-0.39, 0.29) is 29.5 Å². The molecule has 0 spiro atoms. The molecule has 1 amide bonds. The lowest BCUT2D eigenvalue weighted by Gasteiger charge is -2.37. The van der Waals surface area contributed by atoms with Crippen molar-refractivity contribution >= 4 is 21.4 Å². The summed E-state index contributed by atoms with van der Waals surface area (Å²) in [5, 5.41) is 3.12. The van der Waals surface area contributed by atoms with Crippen LogP contribution in [0.25, 0.3) is 11.1 Å². The molecule has 2 aliphatic heterocycles. The summed E-state index contributed by atoms with van der Waals surface area (Å²) in [6.07, 6.45) is 5.87. The van der Waals surface area contributed by atoms with E-state index in [0.29, 0.717) is 36.8 Å². The Labute approximate surface area is 278 Å². The highest BCUT2D eigenvalue weighted by Gasteiger charge is 2.26. The topological polar surface area (TPSA) is 112 Å². The number of nitrogens with one attached hydrogen (secondary N) is 2. The Kier molecular flexibility index (Phi) is 10.2. The van der Waals surface area contributed by atoms with E-state index in [1.54, 1.807) is 0 Å². The van der Waals surface area contributed by atoms with Crippen molar-refractivity contribution in [1.82, 2.24) is 15.2 Å². The number of hydrogen-bond acceptors (Lipinski definition) is 7. The van der Waals surface area contributed by atoms with Crippen LogP contribution in [-0.2, 0) is 40.5 Å². The lowest BCUT2D eigenvalue weighted by Crippen LogP contribution is -2.40. The smallest absolute Gasteiger partial charge is 0.253 e. The second-order valence-corrected chi connectivity index (χ2v) is 15.6. The fourth-order valence-electron chi connectivity index (χ4n) is 7.55. The number of benzene rings is 2. The van der Waals surface area contributed by atoms with Crippen molar-refractivity contribution in [2.24, 2.45) is 0 Å². The Hall–Kier alpha value is -3.47. The van der Waals surface area contributed by atoms with Crippen molar-refractivity contribution in [2.45, 2.75) is 78.4 Å². The van der Waals surface area contributed by atoms with Gasteiger partial charge in [-0.05, 0) is 105 Å². The van der Waals surface area contributed by atoms with Gasteiger partial charge in [0.05, 0.1) is 11.5 Å². The number of carbonyl (C=O) groups is 1. The number of hydrogen-bond donors (Lipinski definition) is 2. The molecule has 3 aromatic rings. The summed E-state index contributed by atoms with van der Waals surface area (Å²) in [6, 6.07) is 12.9. The second kappa shape index (κ2) is 14.3. The standard InChI is InChI=1S/C37H48N4O5S/c1-4-41(30-13-17-46-18-14-30)35-22-29(28-11-9-27(10-12-28)24-40-15-19-47(44,45)20-16-40)21-33(25(35)2)36(42)38-23-34-32-8-6-5-7-31(32)26(3)39-37(34)43/h9-12,21-22,30H,4-8,13-20,23-24H2,1-3H3,(H,38,42)(H,39,43). The van der Waals surface area contributed by atoms with Crippen molar-refractivity contribution in [1.29, 1.82) is 0 Å². The number of anilines is 1. The van der Waals surface area contributed by atoms with Gasteiger partial charge < -0.3 is 19.9 Å². The molecule has 3 aliphatic rings. The van der Waals surface area contributed by atoms with Crippen molar-refractivity contribution < 1.29 is 17.9 Å². The van der Waals surface area contributed by atoms with E-state index in [0.717, 1.165) is 97.5 Å². The quantitative estimate of drug-likeness (QED) is 0.342. The third-order valence-electron chi connectivity index (χ3n) is 10.3. The molecule has 10 heteroatoms. The number of H-pyrrole nitrogens is 1. The fourth-order valence-corrected chi connectivity index (χ4v) is 8.83. The second-order valence-electron chi connectivity index (χ2n) is 13.3. The van der Waals surface area contributed by atoms with E-state index in [2.05, 4.69) is 57.4 Å². The van der Waals surface area contributed by atoms with Gasteiger partial charge in [-0.1, -0.05) is 24.3 Å². The average molecular weight is 661 g/mol. The highest BCUT2D eigenvalue weighted by molar-refractivity contribution is 7.91. The van der Waals surface area contributed by atoms with Crippen LogP contribution in [0.5, 0.6) is 0 Å². The summed E-state index contributed by atoms with van der Waals surface area (Å²) in [5.41, 5.74) is 9.51. The normalized spacial score (nSPS) is 18.4. The van der Waals surface area contributed by atoms with Crippen molar-refractivity contribution in [3.05, 3.63) is 85.8 Å². The van der Waals surface area contributed by atoms with Crippen LogP contribution in [0.1, 0.15) is 76.5 Å². The minimum atomic E-state index is -2.92. The summed E-state index contributed by atoms with van der Waals surface area (Å²) in [7, 11) is -2.92. The van der Waals surface area contributed by atoms with Gasteiger partial charge in [-0.25, -0.2) is 8.42 Å². The maximum atomic E-state index is 14.0. The third kappa shape index (κ3) is 7.50. The summed E-state index contributed by atoms with van der Waals surface area (Å²) >= 11 is 0. The Balaban J connectivity index is 1.30. The molecule has 0 unspecified atom stereocenters. The first-order valence-electron chi connectivity index (χ1n) is 17.2. The lowest BCUT2D eigenvalue weighted by atomic mass is 9.88. The van der Waals surface area contributed by atoms with E-state index in [1.807, 2.05) is 19.9 Å². The first kappa shape index (κ1) is 33.4. The van der Waals surface area contributed by atoms with Crippen LogP contribution in [0.15, 0.2) is 41.2 Å². The number of rotatable bonds is 9. The van der Waals surface area contributed by atoms with Gasteiger partial charge in [-0.3, -0.25) is 14.5 Å². The molecule has 2 aromatic carbocycles. The van der Waals surface area contributed by atoms with Crippen molar-refractivity contribution in [3.8, 4) is 11.1 Å². The summed E-state index contributed by atoms with van der Waals surface area (Å²) in [6.45, 7) is 10.4. The van der Waals surface area contributed by atoms with E-state index < -0.39 is 9.84 Å². The molecular weight excluding hydrogens is 612 g/mol. The van der Waals surface area contributed by atoms with Crippen molar-refractivity contribution in [2.75, 3.05) is 49.3 Å². The highest BCUT2D eigenvalue weighted by Crippen LogP contribution is 2.34. The number of sulfone groups is 1. The number of pyridine rings is 1. The number of aryl methyl sites for hydroxylation is 1. The average Bonchev–Trinajstić information content (AvgIpc) is 3.07. The van der Waals surface area contributed by atoms with E-state index in [9.17, 15) is 18.0 Å². The Morgan fingerprint density at radius 3 is 2.36 bits per heavy atom. The maximum absolute atomic E-state index is 14.0. The molecular formula is C37H48N4O5S. The highest BCUT2D eigenvalue weighted by atomic mass is 32.2. The van der Waals surface area contributed by atoms with Gasteiger partial charge in [-0.2, -0.15) is 0 Å². The molecule has 1 aromatic heterocycles. The number of ether oxygens (including phenoxy) is 1. The molecule has 0 radical (unpaired) electrons. The SMILES string of the molecule is CCN(c1cc(-c2ccc(CN3CCS(=O)(=O)CC3)cc2)cc(C(=O)NCc2c3c(c(C)[nH]c2=O)CCCC3)c1C)C1CCOCC1. The minimum Gasteiger partial charge on any atom is -0.381 e. The molecule has 0 atom stereocenters. The molecule has 2 saturated heterocycles. The van der Waals surface area contributed by atoms with E-state index in [4.69, 9.17) is 4.74 Å². The monoisotopic (exact) mass is 660 g/mol. The van der Waals surface area contributed by atoms with Gasteiger partial charge in [0.2, 0.25) is 0 Å². The summed E-state index contributed by atoms with van der Waals surface area (Å²) < 4.78 is 29.4. The van der Waals surface area contributed by atoms with Gasteiger partial charge >= 0.3 is 0 Å². The fraction of sp³-hybridized carbons (Fsp3) is 0.514. The van der Waals surface area contributed by atoms with Gasteiger partial charge in [0, 0.05) is 74.5 Å². The predicted molar refractivity (Wildman–Crippen MR) is 187 cm³/mol. The van der Waals surface area contributed by atoms with Crippen LogP contribution in [0, 0.1) is 13.8 Å². The molecule has 1 aliphatic carbocycles. The molecule has 0 bridgehead atoms. The van der Waals surface area contributed by atoms with Gasteiger partial charge in [0.15, 0.2) is 9.84 Å². The van der Waals surface area contributed by atoms with Gasteiger partial charge in [0.1, 0.15) is 0 Å². The molecule has 47 heavy (non-hydrogen) atoms. The summed E-state index contributed by atoms with van der Waals surface area (Å²) in [5.74, 6) is 0.239. The largest absolute Gasteiger partial charge is 0.381 e. The third-order valence-corrected chi connectivity index (χ3v) is 11.9. The van der Waals surface area contributed by atoms with Gasteiger partial charge in [-0.15, -0.1) is 0 Å². The van der Waals surface area contributed by atoms with Crippen molar-refractivity contribution in [3.63, 3.8) is 0 Å². The van der Waals surface area contributed by atoms with Crippen LogP contribution in [0.4, 0.5) is 5.69 Å². The predicted octanol–water partition coefficient (Wildman–Crippen LogP) is 4.70. The number of amides is 1. The van der Waals surface area contributed by atoms with E-state index in [1.165, 1.54) is 5.56 Å². The molecule has 9 nitrogen and oxygen atoms in total. The molecule has 0 saturated carbocycles. The molecule has 6 rings (SSSR count). The lowest BCUT2D eigenvalue weighted by molar-refractivity contribution is 0.0846. The number of fused-ring (bicyclic) bond motifs is 1. The Morgan fingerprint density at radius 2 is 1.68 bits per heavy atom. The molecule has 3 heterocycles. The van der Waals surface area contributed by atoms with Crippen LogP contribution in [-0.4, -0.2) is 74.6 Å². The number of nitrogens with zero attached hydrogens (tertiary/aromatic N) is 2. The van der Waals surface area contributed by atoms with Crippen LogP contribution in [0.2, 0.25) is 0 Å². The molecule has 252 valence electrons. The minimum absolute atomic E-state index is 0.113. The zero-order valence-electron chi connectivity index (χ0n) is 28.0. The number of aromatic nitrogens is 1. The number of aromatic amines is 1. The molecule has 2 fully saturated rings. The first-order valence-corrected chi connectivity index (χ1v) is 19.0. The maximum Gasteiger partial charge on any atom is 0.253 e. The number of carbonyl (C=O) groups excluding carboxylic acids is 1. The van der Waals surface area contributed by atoms with Crippen LogP contribution in [0.3, 0.4) is 0 Å².